The summed E-state index contributed by atoms with van der Waals surface area (Å²) in [6, 6.07) is 43.5. The molecule has 0 aliphatic heterocycles. The number of nitrogens with zero attached hydrogens (tertiary/aromatic N) is 1. The fourth-order valence-corrected chi connectivity index (χ4v) is 6.44. The average Bonchev–Trinajstić information content (AvgIpc) is 3.49. The summed E-state index contributed by atoms with van der Waals surface area (Å²) in [6.45, 7) is 0. The van der Waals surface area contributed by atoms with E-state index in [1.165, 1.54) is 59.0 Å². The second kappa shape index (κ2) is 7.72. The van der Waals surface area contributed by atoms with Crippen molar-refractivity contribution in [3.05, 3.63) is 128 Å². The summed E-state index contributed by atoms with van der Waals surface area (Å²) < 4.78 is 5.01. The van der Waals surface area contributed by atoms with Crippen LogP contribution in [0.25, 0.3) is 59.0 Å². The molecule has 2 aromatic heterocycles. The van der Waals surface area contributed by atoms with Crippen molar-refractivity contribution in [1.29, 1.82) is 0 Å². The van der Waals surface area contributed by atoms with E-state index in [0.29, 0.717) is 0 Å². The standard InChI is InChI=1S/C32H21NS/c1-3-11-22(12-4-1)24-16-9-17-26-27-18-10-19-28(32(27)34-31(24)26)29-21-33(23-13-5-2-6-14-23)30-20-8-7-15-25(29)30/h1-21H. The van der Waals surface area contributed by atoms with Gasteiger partial charge in [-0.1, -0.05) is 103 Å². The number of thiophene rings is 1. The smallest absolute Gasteiger partial charge is 0.0534 e. The molecule has 0 spiro atoms. The average molecular weight is 452 g/mol. The van der Waals surface area contributed by atoms with Gasteiger partial charge in [-0.05, 0) is 29.3 Å². The molecule has 2 heteroatoms. The zero-order chi connectivity index (χ0) is 22.5. The SMILES string of the molecule is c1ccc(-c2cccc3c2sc2c(-c4cn(-c5ccccc5)c5ccccc45)cccc23)cc1. The van der Waals surface area contributed by atoms with Gasteiger partial charge in [0.2, 0.25) is 0 Å². The molecule has 0 saturated carbocycles. The highest BCUT2D eigenvalue weighted by molar-refractivity contribution is 7.26. The van der Waals surface area contributed by atoms with Crippen molar-refractivity contribution < 1.29 is 0 Å². The summed E-state index contributed by atoms with van der Waals surface area (Å²) in [5.74, 6) is 0. The molecule has 1 nitrogen and oxygen atoms in total. The van der Waals surface area contributed by atoms with Crippen LogP contribution in [0.3, 0.4) is 0 Å². The predicted molar refractivity (Wildman–Crippen MR) is 147 cm³/mol. The van der Waals surface area contributed by atoms with Crippen molar-refractivity contribution in [3.8, 4) is 27.9 Å². The van der Waals surface area contributed by atoms with Crippen LogP contribution < -0.4 is 0 Å². The Morgan fingerprint density at radius 2 is 1.03 bits per heavy atom. The normalized spacial score (nSPS) is 11.5. The van der Waals surface area contributed by atoms with Crippen molar-refractivity contribution in [2.75, 3.05) is 0 Å². The first-order chi connectivity index (χ1) is 16.9. The second-order valence-corrected chi connectivity index (χ2v) is 9.62. The van der Waals surface area contributed by atoms with Gasteiger partial charge in [0.15, 0.2) is 0 Å². The summed E-state index contributed by atoms with van der Waals surface area (Å²) in [7, 11) is 0. The minimum atomic E-state index is 1.18. The van der Waals surface area contributed by atoms with Gasteiger partial charge in [0.1, 0.15) is 0 Å². The lowest BCUT2D eigenvalue weighted by molar-refractivity contribution is 1.13. The lowest BCUT2D eigenvalue weighted by Gasteiger charge is -2.04. The van der Waals surface area contributed by atoms with Gasteiger partial charge in [-0.3, -0.25) is 0 Å². The van der Waals surface area contributed by atoms with Crippen LogP contribution in [0.2, 0.25) is 0 Å². The molecule has 0 fully saturated rings. The maximum atomic E-state index is 2.31. The van der Waals surface area contributed by atoms with Crippen LogP contribution in [-0.2, 0) is 0 Å². The summed E-state index contributed by atoms with van der Waals surface area (Å²) in [5, 5.41) is 3.93. The first-order valence-electron chi connectivity index (χ1n) is 11.5. The Kier molecular flexibility index (Phi) is 4.39. The van der Waals surface area contributed by atoms with Gasteiger partial charge in [-0.15, -0.1) is 11.3 Å². The molecule has 0 radical (unpaired) electrons. The Morgan fingerprint density at radius 1 is 0.441 bits per heavy atom. The lowest BCUT2D eigenvalue weighted by atomic mass is 10.00. The molecule has 0 saturated heterocycles. The lowest BCUT2D eigenvalue weighted by Crippen LogP contribution is -1.90. The quantitative estimate of drug-likeness (QED) is 0.252. The molecule has 0 aliphatic rings. The molecule has 0 aliphatic carbocycles. The van der Waals surface area contributed by atoms with Crippen molar-refractivity contribution in [2.24, 2.45) is 0 Å². The number of benzene rings is 5. The fourth-order valence-electron chi connectivity index (χ4n) is 5.07. The minimum absolute atomic E-state index is 1.18. The highest BCUT2D eigenvalue weighted by atomic mass is 32.1. The fraction of sp³-hybridized carbons (Fsp3) is 0. The first kappa shape index (κ1) is 19.3. The van der Waals surface area contributed by atoms with Gasteiger partial charge < -0.3 is 4.57 Å². The predicted octanol–water partition coefficient (Wildman–Crippen LogP) is 9.33. The number of aromatic nitrogens is 1. The Bertz CT molecular complexity index is 1790. The Balaban J connectivity index is 1.53. The Hall–Kier alpha value is -4.14. The molecule has 7 rings (SSSR count). The zero-order valence-corrected chi connectivity index (χ0v) is 19.3. The van der Waals surface area contributed by atoms with Crippen molar-refractivity contribution >= 4 is 42.4 Å². The van der Waals surface area contributed by atoms with Crippen molar-refractivity contribution in [1.82, 2.24) is 4.57 Å². The van der Waals surface area contributed by atoms with Crippen LogP contribution in [0.5, 0.6) is 0 Å². The van der Waals surface area contributed by atoms with E-state index in [2.05, 4.69) is 132 Å². The Labute approximate surface area is 202 Å². The van der Waals surface area contributed by atoms with Crippen LogP contribution in [0.1, 0.15) is 0 Å². The third-order valence-corrected chi connectivity index (χ3v) is 7.93. The van der Waals surface area contributed by atoms with Gasteiger partial charge in [-0.2, -0.15) is 0 Å². The van der Waals surface area contributed by atoms with E-state index in [-0.39, 0.29) is 0 Å². The topological polar surface area (TPSA) is 4.93 Å². The minimum Gasteiger partial charge on any atom is -0.316 e. The van der Waals surface area contributed by atoms with Crippen molar-refractivity contribution in [2.45, 2.75) is 0 Å². The maximum absolute atomic E-state index is 2.31. The molecule has 0 bridgehead atoms. The monoisotopic (exact) mass is 451 g/mol. The van der Waals surface area contributed by atoms with Crippen LogP contribution in [-0.4, -0.2) is 4.57 Å². The van der Waals surface area contributed by atoms with E-state index >= 15 is 0 Å². The molecular formula is C32H21NS. The first-order valence-corrected chi connectivity index (χ1v) is 12.4. The van der Waals surface area contributed by atoms with Crippen molar-refractivity contribution in [3.63, 3.8) is 0 Å². The van der Waals surface area contributed by atoms with Crippen LogP contribution in [0.4, 0.5) is 0 Å². The molecule has 5 aromatic carbocycles. The van der Waals surface area contributed by atoms with E-state index in [4.69, 9.17) is 0 Å². The van der Waals surface area contributed by atoms with Gasteiger partial charge in [0, 0.05) is 48.6 Å². The van der Waals surface area contributed by atoms with E-state index < -0.39 is 0 Å². The molecular weight excluding hydrogens is 430 g/mol. The molecule has 160 valence electrons. The molecule has 0 amide bonds. The van der Waals surface area contributed by atoms with Gasteiger partial charge in [0.05, 0.1) is 5.52 Å². The number of rotatable bonds is 3. The Morgan fingerprint density at radius 3 is 1.79 bits per heavy atom. The third-order valence-electron chi connectivity index (χ3n) is 6.65. The van der Waals surface area contributed by atoms with Crippen LogP contribution >= 0.6 is 11.3 Å². The summed E-state index contributed by atoms with van der Waals surface area (Å²) in [6.07, 6.45) is 2.30. The molecule has 0 N–H and O–H groups in total. The summed E-state index contributed by atoms with van der Waals surface area (Å²) in [4.78, 5) is 0. The molecule has 0 atom stereocenters. The number of hydrogen-bond donors (Lipinski definition) is 0. The largest absolute Gasteiger partial charge is 0.316 e. The third kappa shape index (κ3) is 2.93. The summed E-state index contributed by atoms with van der Waals surface area (Å²) >= 11 is 1.91. The van der Waals surface area contributed by atoms with Crippen LogP contribution in [0.15, 0.2) is 128 Å². The maximum Gasteiger partial charge on any atom is 0.0534 e. The van der Waals surface area contributed by atoms with E-state index in [9.17, 15) is 0 Å². The van der Waals surface area contributed by atoms with Gasteiger partial charge in [-0.25, -0.2) is 0 Å². The summed E-state index contributed by atoms with van der Waals surface area (Å²) in [5.41, 5.74) is 7.55. The van der Waals surface area contributed by atoms with E-state index in [1.807, 2.05) is 11.3 Å². The highest BCUT2D eigenvalue weighted by Crippen LogP contribution is 2.45. The molecule has 7 aromatic rings. The zero-order valence-electron chi connectivity index (χ0n) is 18.5. The van der Waals surface area contributed by atoms with E-state index in [1.54, 1.807) is 0 Å². The molecule has 2 heterocycles. The van der Waals surface area contributed by atoms with E-state index in [0.717, 1.165) is 0 Å². The number of hydrogen-bond acceptors (Lipinski definition) is 1. The van der Waals surface area contributed by atoms with Gasteiger partial charge in [0.25, 0.3) is 0 Å². The molecule has 0 unspecified atom stereocenters. The second-order valence-electron chi connectivity index (χ2n) is 8.60. The van der Waals surface area contributed by atoms with Crippen LogP contribution in [0, 0.1) is 0 Å². The van der Waals surface area contributed by atoms with Gasteiger partial charge >= 0.3 is 0 Å². The number of para-hydroxylation sites is 2. The molecule has 34 heavy (non-hydrogen) atoms. The number of fused-ring (bicyclic) bond motifs is 4. The highest BCUT2D eigenvalue weighted by Gasteiger charge is 2.17.